The minimum absolute atomic E-state index is 0.238. The zero-order valence-corrected chi connectivity index (χ0v) is 16.5. The zero-order chi connectivity index (χ0) is 18.5. The first kappa shape index (κ1) is 19.6. The lowest BCUT2D eigenvalue weighted by Gasteiger charge is -2.39. The average Bonchev–Trinajstić information content (AvgIpc) is 3.17. The van der Waals surface area contributed by atoms with Crippen molar-refractivity contribution in [1.29, 1.82) is 0 Å². The molecule has 2 saturated heterocycles. The van der Waals surface area contributed by atoms with Gasteiger partial charge in [-0.1, -0.05) is 19.3 Å². The number of fused-ring (bicyclic) bond motifs is 1. The Balaban J connectivity index is 1.10. The lowest BCUT2D eigenvalue weighted by Crippen LogP contribution is -2.49. The van der Waals surface area contributed by atoms with E-state index in [1.807, 2.05) is 0 Å². The van der Waals surface area contributed by atoms with Crippen molar-refractivity contribution in [3.8, 4) is 0 Å². The fourth-order valence-electron chi connectivity index (χ4n) is 5.41. The van der Waals surface area contributed by atoms with Crippen LogP contribution < -0.4 is 21.8 Å². The highest BCUT2D eigenvalue weighted by molar-refractivity contribution is 5.77. The number of ether oxygens (including phenoxy) is 1. The highest BCUT2D eigenvalue weighted by Crippen LogP contribution is 2.32. The quantitative estimate of drug-likeness (QED) is 0.508. The van der Waals surface area contributed by atoms with Crippen molar-refractivity contribution in [2.75, 3.05) is 6.61 Å². The second-order valence-corrected chi connectivity index (χ2v) is 8.87. The first-order valence-electron chi connectivity index (χ1n) is 11.2. The topological polar surface area (TPSA) is 77.7 Å². The van der Waals surface area contributed by atoms with E-state index in [0.717, 1.165) is 45.1 Å². The molecule has 4 unspecified atom stereocenters. The molecule has 0 aromatic heterocycles. The molecule has 0 spiro atoms. The van der Waals surface area contributed by atoms with Crippen molar-refractivity contribution in [3.63, 3.8) is 0 Å². The van der Waals surface area contributed by atoms with Gasteiger partial charge < -0.3 is 10.1 Å². The van der Waals surface area contributed by atoms with E-state index in [0.29, 0.717) is 36.7 Å². The highest BCUT2D eigenvalue weighted by Gasteiger charge is 2.35. The van der Waals surface area contributed by atoms with Gasteiger partial charge >= 0.3 is 0 Å². The van der Waals surface area contributed by atoms with Crippen LogP contribution in [0.5, 0.6) is 0 Å². The third-order valence-electron chi connectivity index (χ3n) is 6.98. The second-order valence-electron chi connectivity index (χ2n) is 8.87. The van der Waals surface area contributed by atoms with Gasteiger partial charge in [-0.2, -0.15) is 11.1 Å². The van der Waals surface area contributed by atoms with Crippen LogP contribution in [0.1, 0.15) is 83.5 Å². The van der Waals surface area contributed by atoms with Crippen molar-refractivity contribution in [3.05, 3.63) is 0 Å². The molecule has 7 heteroatoms. The number of carbonyl (C=O) groups is 1. The van der Waals surface area contributed by atoms with Crippen LogP contribution in [0.15, 0.2) is 0 Å². The number of rotatable bonds is 7. The molecule has 2 aliphatic heterocycles. The lowest BCUT2D eigenvalue weighted by atomic mass is 9.78. The molecule has 7 nitrogen and oxygen atoms in total. The fourth-order valence-corrected chi connectivity index (χ4v) is 5.41. The molecule has 2 aliphatic carbocycles. The van der Waals surface area contributed by atoms with Gasteiger partial charge in [-0.25, -0.2) is 10.4 Å². The molecule has 2 saturated carbocycles. The first-order valence-corrected chi connectivity index (χ1v) is 11.2. The van der Waals surface area contributed by atoms with Crippen LogP contribution in [0.25, 0.3) is 0 Å². The third-order valence-corrected chi connectivity index (χ3v) is 6.98. The Labute approximate surface area is 163 Å². The monoisotopic (exact) mass is 379 g/mol. The standard InChI is InChI=1S/C20H37N5O2/c26-20-12-9-15-14-17(10-11-18(15)21-20)27-13-5-4-8-19-22-23-24-25(19)16-6-2-1-3-7-16/h15-19,22-24H,1-14H2,(H,21,26). The summed E-state index contributed by atoms with van der Waals surface area (Å²) in [6.07, 6.45) is 16.0. The lowest BCUT2D eigenvalue weighted by molar-refractivity contribution is -0.126. The van der Waals surface area contributed by atoms with Crippen LogP contribution in [0.4, 0.5) is 0 Å². The summed E-state index contributed by atoms with van der Waals surface area (Å²) < 4.78 is 6.19. The Morgan fingerprint density at radius 2 is 1.93 bits per heavy atom. The van der Waals surface area contributed by atoms with Gasteiger partial charge in [0.1, 0.15) is 0 Å². The van der Waals surface area contributed by atoms with Crippen molar-refractivity contribution in [2.45, 2.75) is 108 Å². The number of nitrogens with zero attached hydrogens (tertiary/aromatic N) is 1. The van der Waals surface area contributed by atoms with Gasteiger partial charge in [-0.05, 0) is 63.7 Å². The summed E-state index contributed by atoms with van der Waals surface area (Å²) in [5.41, 5.74) is 9.78. The van der Waals surface area contributed by atoms with Crippen molar-refractivity contribution < 1.29 is 9.53 Å². The zero-order valence-electron chi connectivity index (χ0n) is 16.5. The molecule has 4 rings (SSSR count). The molecule has 27 heavy (non-hydrogen) atoms. The number of hydrogen-bond donors (Lipinski definition) is 4. The molecular formula is C20H37N5O2. The first-order chi connectivity index (χ1) is 13.3. The number of unbranched alkanes of at least 4 members (excludes halogenated alkanes) is 1. The van der Waals surface area contributed by atoms with E-state index in [1.54, 1.807) is 0 Å². The smallest absolute Gasteiger partial charge is 0.220 e. The molecule has 4 aliphatic rings. The van der Waals surface area contributed by atoms with E-state index in [9.17, 15) is 4.79 Å². The Hall–Kier alpha value is -0.730. The number of carbonyl (C=O) groups excluding carboxylic acids is 1. The van der Waals surface area contributed by atoms with Gasteiger partial charge in [-0.3, -0.25) is 4.79 Å². The third kappa shape index (κ3) is 5.21. The van der Waals surface area contributed by atoms with Crippen LogP contribution in [-0.4, -0.2) is 41.9 Å². The molecule has 154 valence electrons. The van der Waals surface area contributed by atoms with Crippen LogP contribution in [0, 0.1) is 5.92 Å². The molecule has 0 aromatic rings. The summed E-state index contributed by atoms with van der Waals surface area (Å²) >= 11 is 0. The highest BCUT2D eigenvalue weighted by atomic mass is 16.5. The fraction of sp³-hybridized carbons (Fsp3) is 0.950. The van der Waals surface area contributed by atoms with Crippen LogP contribution >= 0.6 is 0 Å². The Bertz CT molecular complexity index is 485. The Morgan fingerprint density at radius 3 is 2.81 bits per heavy atom. The molecule has 2 heterocycles. The summed E-state index contributed by atoms with van der Waals surface area (Å²) in [5, 5.41) is 5.56. The summed E-state index contributed by atoms with van der Waals surface area (Å²) in [7, 11) is 0. The summed E-state index contributed by atoms with van der Waals surface area (Å²) in [6.45, 7) is 0.866. The number of amides is 1. The van der Waals surface area contributed by atoms with Crippen LogP contribution in [0.3, 0.4) is 0 Å². The SMILES string of the molecule is O=C1CCC2CC(OCCCCC3NNNN3C3CCCCC3)CCC2N1. The molecule has 0 radical (unpaired) electrons. The Morgan fingerprint density at radius 1 is 1.04 bits per heavy atom. The van der Waals surface area contributed by atoms with E-state index in [2.05, 4.69) is 26.8 Å². The van der Waals surface area contributed by atoms with Gasteiger partial charge in [0.2, 0.25) is 5.91 Å². The van der Waals surface area contributed by atoms with E-state index >= 15 is 0 Å². The predicted octanol–water partition coefficient (Wildman–Crippen LogP) is 2.11. The van der Waals surface area contributed by atoms with Gasteiger partial charge in [0.15, 0.2) is 0 Å². The van der Waals surface area contributed by atoms with Gasteiger partial charge in [0.25, 0.3) is 0 Å². The maximum Gasteiger partial charge on any atom is 0.220 e. The molecule has 0 bridgehead atoms. The number of hydrogen-bond acceptors (Lipinski definition) is 6. The van der Waals surface area contributed by atoms with Crippen LogP contribution in [-0.2, 0) is 9.53 Å². The molecule has 1 amide bonds. The summed E-state index contributed by atoms with van der Waals surface area (Å²) in [4.78, 5) is 11.5. The number of piperidine rings is 1. The normalized spacial score (nSPS) is 35.8. The maximum absolute atomic E-state index is 11.5. The molecule has 4 fully saturated rings. The van der Waals surface area contributed by atoms with E-state index in [-0.39, 0.29) is 5.91 Å². The molecular weight excluding hydrogens is 342 g/mol. The second kappa shape index (κ2) is 9.65. The largest absolute Gasteiger partial charge is 0.378 e. The minimum Gasteiger partial charge on any atom is -0.378 e. The molecule has 4 N–H and O–H groups in total. The summed E-state index contributed by atoms with van der Waals surface area (Å²) in [5.74, 6) is 0.868. The van der Waals surface area contributed by atoms with Gasteiger partial charge in [0.05, 0.1) is 12.3 Å². The summed E-state index contributed by atoms with van der Waals surface area (Å²) in [6, 6.07) is 1.07. The maximum atomic E-state index is 11.5. The molecule has 0 aromatic carbocycles. The van der Waals surface area contributed by atoms with Crippen LogP contribution in [0.2, 0.25) is 0 Å². The number of hydrazine groups is 3. The van der Waals surface area contributed by atoms with Gasteiger partial charge in [-0.15, -0.1) is 0 Å². The predicted molar refractivity (Wildman–Crippen MR) is 104 cm³/mol. The van der Waals surface area contributed by atoms with E-state index in [1.165, 1.54) is 38.5 Å². The van der Waals surface area contributed by atoms with Gasteiger partial charge in [0, 0.05) is 25.1 Å². The molecule has 4 atom stereocenters. The van der Waals surface area contributed by atoms with Crippen molar-refractivity contribution in [1.82, 2.24) is 26.8 Å². The van der Waals surface area contributed by atoms with Crippen molar-refractivity contribution in [2.24, 2.45) is 5.92 Å². The number of nitrogens with one attached hydrogen (secondary N) is 4. The Kier molecular flexibility index (Phi) is 7.00. The minimum atomic E-state index is 0.238. The van der Waals surface area contributed by atoms with E-state index in [4.69, 9.17) is 4.74 Å². The van der Waals surface area contributed by atoms with Crippen molar-refractivity contribution >= 4 is 5.91 Å². The average molecular weight is 380 g/mol. The van der Waals surface area contributed by atoms with E-state index < -0.39 is 0 Å².